The minimum Gasteiger partial charge on any atom is -0.481 e. The first kappa shape index (κ1) is 14.9. The number of anilines is 1. The van der Waals surface area contributed by atoms with Gasteiger partial charge in [0.1, 0.15) is 11.5 Å². The molecular formula is C12H15FN2O4. The van der Waals surface area contributed by atoms with Gasteiger partial charge in [0.2, 0.25) is 0 Å². The van der Waals surface area contributed by atoms with Crippen molar-refractivity contribution in [2.45, 2.75) is 19.8 Å². The number of carbonyl (C=O) groups is 1. The molecule has 1 unspecified atom stereocenters. The Labute approximate surface area is 109 Å². The molecule has 2 N–H and O–H groups in total. The van der Waals surface area contributed by atoms with Gasteiger partial charge in [0.25, 0.3) is 5.69 Å². The standard InChI is InChI=1S/C12H15FN2O4/c1-2-3-8(12(16)17)7-14-10-5-4-9(13)6-11(10)15(18)19/h4-6,8,14H,2-3,7H2,1H3,(H,16,17). The zero-order chi connectivity index (χ0) is 14.4. The van der Waals surface area contributed by atoms with Crippen molar-refractivity contribution in [2.24, 2.45) is 5.92 Å². The van der Waals surface area contributed by atoms with Crippen LogP contribution in [0.5, 0.6) is 0 Å². The molecule has 0 aliphatic carbocycles. The number of nitro benzene ring substituents is 1. The van der Waals surface area contributed by atoms with Crippen LogP contribution in [0, 0.1) is 21.8 Å². The first-order valence-corrected chi connectivity index (χ1v) is 5.86. The molecule has 0 radical (unpaired) electrons. The molecule has 1 atom stereocenters. The maximum atomic E-state index is 12.9. The average molecular weight is 270 g/mol. The number of carboxylic acid groups (broad SMARTS) is 1. The molecule has 0 fully saturated rings. The second-order valence-electron chi connectivity index (χ2n) is 4.12. The number of benzene rings is 1. The van der Waals surface area contributed by atoms with Crippen LogP contribution in [0.2, 0.25) is 0 Å². The molecule has 1 rings (SSSR count). The highest BCUT2D eigenvalue weighted by atomic mass is 19.1. The van der Waals surface area contributed by atoms with E-state index in [1.54, 1.807) is 0 Å². The molecule has 7 heteroatoms. The molecular weight excluding hydrogens is 255 g/mol. The summed E-state index contributed by atoms with van der Waals surface area (Å²) in [5, 5.41) is 22.4. The molecule has 0 amide bonds. The van der Waals surface area contributed by atoms with E-state index in [2.05, 4.69) is 5.32 Å². The van der Waals surface area contributed by atoms with Gasteiger partial charge in [-0.1, -0.05) is 13.3 Å². The van der Waals surface area contributed by atoms with Crippen molar-refractivity contribution >= 4 is 17.3 Å². The summed E-state index contributed by atoms with van der Waals surface area (Å²) >= 11 is 0. The van der Waals surface area contributed by atoms with Crippen LogP contribution in [0.4, 0.5) is 15.8 Å². The van der Waals surface area contributed by atoms with Crippen molar-refractivity contribution in [3.63, 3.8) is 0 Å². The van der Waals surface area contributed by atoms with Gasteiger partial charge < -0.3 is 10.4 Å². The minimum atomic E-state index is -0.959. The SMILES string of the molecule is CCCC(CNc1ccc(F)cc1[N+](=O)[O-])C(=O)O. The van der Waals surface area contributed by atoms with E-state index in [-0.39, 0.29) is 12.2 Å². The Morgan fingerprint density at radius 3 is 2.79 bits per heavy atom. The van der Waals surface area contributed by atoms with E-state index < -0.39 is 28.3 Å². The Morgan fingerprint density at radius 1 is 1.58 bits per heavy atom. The Hall–Kier alpha value is -2.18. The summed E-state index contributed by atoms with van der Waals surface area (Å²) in [4.78, 5) is 21.0. The summed E-state index contributed by atoms with van der Waals surface area (Å²) in [7, 11) is 0. The monoisotopic (exact) mass is 270 g/mol. The van der Waals surface area contributed by atoms with Crippen molar-refractivity contribution in [1.29, 1.82) is 0 Å². The van der Waals surface area contributed by atoms with Gasteiger partial charge in [-0.2, -0.15) is 0 Å². The number of nitro groups is 1. The van der Waals surface area contributed by atoms with Gasteiger partial charge in [-0.15, -0.1) is 0 Å². The maximum Gasteiger partial charge on any atom is 0.308 e. The summed E-state index contributed by atoms with van der Waals surface area (Å²) in [6.07, 6.45) is 1.17. The lowest BCUT2D eigenvalue weighted by Crippen LogP contribution is -2.23. The fraction of sp³-hybridized carbons (Fsp3) is 0.417. The Bertz CT molecular complexity index is 479. The van der Waals surface area contributed by atoms with Crippen molar-refractivity contribution in [2.75, 3.05) is 11.9 Å². The molecule has 0 spiro atoms. The van der Waals surface area contributed by atoms with Crippen molar-refractivity contribution < 1.29 is 19.2 Å². The van der Waals surface area contributed by atoms with Gasteiger partial charge in [0, 0.05) is 6.54 Å². The minimum absolute atomic E-state index is 0.0651. The molecule has 0 bridgehead atoms. The van der Waals surface area contributed by atoms with Crippen LogP contribution in [0.3, 0.4) is 0 Å². The van der Waals surface area contributed by atoms with E-state index in [1.807, 2.05) is 6.92 Å². The molecule has 0 aliphatic rings. The first-order chi connectivity index (χ1) is 8.95. The third-order valence-corrected chi connectivity index (χ3v) is 2.68. The number of nitrogens with one attached hydrogen (secondary N) is 1. The molecule has 1 aromatic carbocycles. The first-order valence-electron chi connectivity index (χ1n) is 5.86. The number of carboxylic acids is 1. The van der Waals surface area contributed by atoms with Gasteiger partial charge in [-0.3, -0.25) is 14.9 Å². The largest absolute Gasteiger partial charge is 0.481 e. The molecule has 0 saturated carbocycles. The molecule has 0 saturated heterocycles. The van der Waals surface area contributed by atoms with Gasteiger partial charge in [0.05, 0.1) is 16.9 Å². The van der Waals surface area contributed by atoms with Gasteiger partial charge in [-0.05, 0) is 18.6 Å². The van der Waals surface area contributed by atoms with E-state index in [4.69, 9.17) is 5.11 Å². The molecule has 0 aromatic heterocycles. The van der Waals surface area contributed by atoms with Crippen LogP contribution in [0.1, 0.15) is 19.8 Å². The Morgan fingerprint density at radius 2 is 2.26 bits per heavy atom. The third kappa shape index (κ3) is 4.20. The maximum absolute atomic E-state index is 12.9. The van der Waals surface area contributed by atoms with Crippen molar-refractivity contribution in [3.8, 4) is 0 Å². The summed E-state index contributed by atoms with van der Waals surface area (Å²) in [6, 6.07) is 3.13. The highest BCUT2D eigenvalue weighted by Gasteiger charge is 2.19. The normalized spacial score (nSPS) is 11.9. The van der Waals surface area contributed by atoms with E-state index >= 15 is 0 Å². The lowest BCUT2D eigenvalue weighted by Gasteiger charge is -2.13. The predicted octanol–water partition coefficient (Wildman–Crippen LogP) is 2.65. The van der Waals surface area contributed by atoms with Gasteiger partial charge in [0.15, 0.2) is 0 Å². The predicted molar refractivity (Wildman–Crippen MR) is 67.6 cm³/mol. The summed E-state index contributed by atoms with van der Waals surface area (Å²) in [5.41, 5.74) is -0.283. The van der Waals surface area contributed by atoms with Crippen molar-refractivity contribution in [1.82, 2.24) is 0 Å². The van der Waals surface area contributed by atoms with Crippen molar-refractivity contribution in [3.05, 3.63) is 34.1 Å². The zero-order valence-electron chi connectivity index (χ0n) is 10.4. The summed E-state index contributed by atoms with van der Waals surface area (Å²) < 4.78 is 12.9. The second kappa shape index (κ2) is 6.67. The zero-order valence-corrected chi connectivity index (χ0v) is 10.4. The fourth-order valence-corrected chi connectivity index (χ4v) is 1.70. The van der Waals surface area contributed by atoms with Crippen LogP contribution in [-0.4, -0.2) is 22.5 Å². The quantitative estimate of drug-likeness (QED) is 0.587. The van der Waals surface area contributed by atoms with Crippen LogP contribution in [0.15, 0.2) is 18.2 Å². The average Bonchev–Trinajstić information content (AvgIpc) is 2.35. The lowest BCUT2D eigenvalue weighted by atomic mass is 10.0. The number of halogens is 1. The van der Waals surface area contributed by atoms with E-state index in [1.165, 1.54) is 6.07 Å². The number of aliphatic carboxylic acids is 1. The number of hydrogen-bond donors (Lipinski definition) is 2. The number of rotatable bonds is 7. The van der Waals surface area contributed by atoms with E-state index in [0.29, 0.717) is 12.8 Å². The van der Waals surface area contributed by atoms with Gasteiger partial charge >= 0.3 is 5.97 Å². The molecule has 1 aromatic rings. The molecule has 19 heavy (non-hydrogen) atoms. The summed E-state index contributed by atoms with van der Waals surface area (Å²) in [5.74, 6) is -2.30. The van der Waals surface area contributed by atoms with Crippen LogP contribution < -0.4 is 5.32 Å². The van der Waals surface area contributed by atoms with Crippen LogP contribution in [0.25, 0.3) is 0 Å². The highest BCUT2D eigenvalue weighted by molar-refractivity contribution is 5.71. The van der Waals surface area contributed by atoms with Crippen LogP contribution in [-0.2, 0) is 4.79 Å². The third-order valence-electron chi connectivity index (χ3n) is 2.68. The highest BCUT2D eigenvalue weighted by Crippen LogP contribution is 2.25. The number of hydrogen-bond acceptors (Lipinski definition) is 4. The Kier molecular flexibility index (Phi) is 5.23. The number of nitrogens with zero attached hydrogens (tertiary/aromatic N) is 1. The lowest BCUT2D eigenvalue weighted by molar-refractivity contribution is -0.384. The smallest absolute Gasteiger partial charge is 0.308 e. The Balaban J connectivity index is 2.82. The second-order valence-corrected chi connectivity index (χ2v) is 4.12. The van der Waals surface area contributed by atoms with E-state index in [0.717, 1.165) is 12.1 Å². The van der Waals surface area contributed by atoms with Crippen LogP contribution >= 0.6 is 0 Å². The summed E-state index contributed by atoms with van der Waals surface area (Å²) in [6.45, 7) is 1.92. The van der Waals surface area contributed by atoms with Gasteiger partial charge in [-0.25, -0.2) is 4.39 Å². The van der Waals surface area contributed by atoms with E-state index in [9.17, 15) is 19.3 Å². The molecule has 104 valence electrons. The molecule has 0 heterocycles. The molecule has 0 aliphatic heterocycles. The molecule has 6 nitrogen and oxygen atoms in total. The fourth-order valence-electron chi connectivity index (χ4n) is 1.70. The topological polar surface area (TPSA) is 92.5 Å².